The summed E-state index contributed by atoms with van der Waals surface area (Å²) < 4.78 is 1.07. The first-order chi connectivity index (χ1) is 6.09. The van der Waals surface area contributed by atoms with E-state index in [1.54, 1.807) is 0 Å². The zero-order chi connectivity index (χ0) is 9.84. The first-order valence-electron chi connectivity index (χ1n) is 3.91. The van der Waals surface area contributed by atoms with Crippen molar-refractivity contribution in [1.29, 1.82) is 0 Å². The molecule has 1 rings (SSSR count). The van der Waals surface area contributed by atoms with Gasteiger partial charge in [0.1, 0.15) is 0 Å². The van der Waals surface area contributed by atoms with E-state index in [1.165, 1.54) is 0 Å². The van der Waals surface area contributed by atoms with E-state index in [0.29, 0.717) is 5.11 Å². The third-order valence-corrected chi connectivity index (χ3v) is 2.38. The highest BCUT2D eigenvalue weighted by Gasteiger charge is 2.03. The summed E-state index contributed by atoms with van der Waals surface area (Å²) in [6.07, 6.45) is 0. The van der Waals surface area contributed by atoms with Gasteiger partial charge in [0, 0.05) is 4.47 Å². The van der Waals surface area contributed by atoms with Crippen molar-refractivity contribution < 1.29 is 0 Å². The van der Waals surface area contributed by atoms with Gasteiger partial charge in [0.25, 0.3) is 0 Å². The van der Waals surface area contributed by atoms with Crippen LogP contribution in [0.15, 0.2) is 28.7 Å². The molecule has 1 aromatic rings. The van der Waals surface area contributed by atoms with E-state index in [4.69, 9.17) is 18.0 Å². The molecule has 0 spiro atoms. The maximum Gasteiger partial charge on any atom is 0.164 e. The van der Waals surface area contributed by atoms with Crippen molar-refractivity contribution in [2.45, 2.75) is 13.0 Å². The quantitative estimate of drug-likeness (QED) is 0.800. The van der Waals surface area contributed by atoms with Gasteiger partial charge in [0.15, 0.2) is 5.11 Å². The third kappa shape index (κ3) is 3.32. The van der Waals surface area contributed by atoms with Gasteiger partial charge in [-0.3, -0.25) is 0 Å². The molecule has 0 saturated carbocycles. The average molecular weight is 259 g/mol. The molecule has 0 bridgehead atoms. The van der Waals surface area contributed by atoms with Crippen molar-refractivity contribution in [2.75, 3.05) is 0 Å². The van der Waals surface area contributed by atoms with Crippen LogP contribution in [0.2, 0.25) is 0 Å². The predicted molar refractivity (Wildman–Crippen MR) is 62.5 cm³/mol. The topological polar surface area (TPSA) is 38.0 Å². The molecule has 0 amide bonds. The van der Waals surface area contributed by atoms with E-state index in [-0.39, 0.29) is 6.04 Å². The van der Waals surface area contributed by atoms with Crippen LogP contribution >= 0.6 is 28.1 Å². The van der Waals surface area contributed by atoms with Crippen molar-refractivity contribution >= 4 is 33.3 Å². The SMILES string of the molecule is C[C@H](NC(N)=S)c1ccc(Br)cc1. The van der Waals surface area contributed by atoms with Crippen molar-refractivity contribution in [1.82, 2.24) is 5.32 Å². The number of thiocarbonyl (C=S) groups is 1. The summed E-state index contributed by atoms with van der Waals surface area (Å²) in [6, 6.07) is 8.20. The van der Waals surface area contributed by atoms with Gasteiger partial charge in [-0.05, 0) is 36.8 Å². The second-order valence-electron chi connectivity index (χ2n) is 2.78. The Balaban J connectivity index is 2.71. The van der Waals surface area contributed by atoms with Crippen LogP contribution in [-0.2, 0) is 0 Å². The van der Waals surface area contributed by atoms with Crippen molar-refractivity contribution in [3.63, 3.8) is 0 Å². The summed E-state index contributed by atoms with van der Waals surface area (Å²) in [5, 5.41) is 3.30. The van der Waals surface area contributed by atoms with E-state index in [1.807, 2.05) is 31.2 Å². The Morgan fingerprint density at radius 1 is 1.46 bits per heavy atom. The third-order valence-electron chi connectivity index (χ3n) is 1.73. The maximum atomic E-state index is 5.37. The first-order valence-corrected chi connectivity index (χ1v) is 5.11. The highest BCUT2D eigenvalue weighted by atomic mass is 79.9. The van der Waals surface area contributed by atoms with E-state index >= 15 is 0 Å². The summed E-state index contributed by atoms with van der Waals surface area (Å²) in [5.74, 6) is 0. The minimum atomic E-state index is 0.158. The molecule has 0 aliphatic heterocycles. The Hall–Kier alpha value is -0.610. The molecule has 2 nitrogen and oxygen atoms in total. The number of nitrogens with one attached hydrogen (secondary N) is 1. The number of halogens is 1. The highest BCUT2D eigenvalue weighted by Crippen LogP contribution is 2.15. The van der Waals surface area contributed by atoms with Gasteiger partial charge in [-0.25, -0.2) is 0 Å². The average Bonchev–Trinajstić information content (AvgIpc) is 2.04. The van der Waals surface area contributed by atoms with Gasteiger partial charge < -0.3 is 11.1 Å². The maximum absolute atomic E-state index is 5.37. The fourth-order valence-corrected chi connectivity index (χ4v) is 1.49. The molecule has 1 atom stereocenters. The minimum absolute atomic E-state index is 0.158. The lowest BCUT2D eigenvalue weighted by molar-refractivity contribution is 0.719. The molecule has 4 heteroatoms. The van der Waals surface area contributed by atoms with Crippen LogP contribution in [0.25, 0.3) is 0 Å². The Morgan fingerprint density at radius 3 is 2.46 bits per heavy atom. The lowest BCUT2D eigenvalue weighted by Crippen LogP contribution is -2.31. The van der Waals surface area contributed by atoms with E-state index < -0.39 is 0 Å². The molecule has 0 heterocycles. The highest BCUT2D eigenvalue weighted by molar-refractivity contribution is 9.10. The van der Waals surface area contributed by atoms with Crippen LogP contribution in [0.5, 0.6) is 0 Å². The minimum Gasteiger partial charge on any atom is -0.376 e. The normalized spacial score (nSPS) is 12.2. The molecular weight excluding hydrogens is 248 g/mol. The zero-order valence-corrected chi connectivity index (χ0v) is 9.65. The smallest absolute Gasteiger partial charge is 0.164 e. The lowest BCUT2D eigenvalue weighted by atomic mass is 10.1. The van der Waals surface area contributed by atoms with Crippen molar-refractivity contribution in [3.8, 4) is 0 Å². The fourth-order valence-electron chi connectivity index (χ4n) is 1.05. The van der Waals surface area contributed by atoms with Crippen LogP contribution in [0.4, 0.5) is 0 Å². The van der Waals surface area contributed by atoms with Gasteiger partial charge in [-0.2, -0.15) is 0 Å². The summed E-state index contributed by atoms with van der Waals surface area (Å²) >= 11 is 8.13. The zero-order valence-electron chi connectivity index (χ0n) is 7.25. The Kier molecular flexibility index (Phi) is 3.69. The van der Waals surface area contributed by atoms with Gasteiger partial charge in [0.05, 0.1) is 6.04 Å². The molecule has 0 saturated heterocycles. The van der Waals surface area contributed by atoms with Crippen LogP contribution in [0.3, 0.4) is 0 Å². The van der Waals surface area contributed by atoms with Crippen molar-refractivity contribution in [2.24, 2.45) is 5.73 Å². The van der Waals surface area contributed by atoms with E-state index in [9.17, 15) is 0 Å². The molecule has 70 valence electrons. The fraction of sp³-hybridized carbons (Fsp3) is 0.222. The van der Waals surface area contributed by atoms with Crippen LogP contribution in [0.1, 0.15) is 18.5 Å². The first kappa shape index (κ1) is 10.5. The lowest BCUT2D eigenvalue weighted by Gasteiger charge is -2.13. The summed E-state index contributed by atoms with van der Waals surface area (Å²) in [4.78, 5) is 0. The molecular formula is C9H11BrN2S. The molecule has 0 radical (unpaired) electrons. The summed E-state index contributed by atoms with van der Waals surface area (Å²) in [6.45, 7) is 2.02. The van der Waals surface area contributed by atoms with Crippen LogP contribution < -0.4 is 11.1 Å². The molecule has 0 aliphatic carbocycles. The molecule has 13 heavy (non-hydrogen) atoms. The van der Waals surface area contributed by atoms with Crippen LogP contribution in [-0.4, -0.2) is 5.11 Å². The summed E-state index contributed by atoms with van der Waals surface area (Å²) in [7, 11) is 0. The Bertz CT molecular complexity index is 297. The molecule has 0 unspecified atom stereocenters. The predicted octanol–water partition coefficient (Wildman–Crippen LogP) is 2.34. The largest absolute Gasteiger partial charge is 0.376 e. The van der Waals surface area contributed by atoms with Gasteiger partial charge in [-0.15, -0.1) is 0 Å². The summed E-state index contributed by atoms with van der Waals surface area (Å²) in [5.41, 5.74) is 6.53. The molecule has 3 N–H and O–H groups in total. The number of nitrogens with two attached hydrogens (primary N) is 1. The molecule has 0 fully saturated rings. The number of hydrogen-bond donors (Lipinski definition) is 2. The molecule has 1 aromatic carbocycles. The number of benzene rings is 1. The second kappa shape index (κ2) is 4.58. The molecule has 0 aliphatic rings. The van der Waals surface area contributed by atoms with Crippen molar-refractivity contribution in [3.05, 3.63) is 34.3 Å². The monoisotopic (exact) mass is 258 g/mol. The van der Waals surface area contributed by atoms with E-state index in [0.717, 1.165) is 10.0 Å². The Labute approximate surface area is 91.6 Å². The van der Waals surface area contributed by atoms with Gasteiger partial charge in [0.2, 0.25) is 0 Å². The van der Waals surface area contributed by atoms with Crippen LogP contribution in [0, 0.1) is 0 Å². The standard InChI is InChI=1S/C9H11BrN2S/c1-6(12-9(11)13)7-2-4-8(10)5-3-7/h2-6H,1H3,(H3,11,12,13)/t6-/m0/s1. The Morgan fingerprint density at radius 2 is 2.00 bits per heavy atom. The van der Waals surface area contributed by atoms with E-state index in [2.05, 4.69) is 21.2 Å². The van der Waals surface area contributed by atoms with Gasteiger partial charge >= 0.3 is 0 Å². The van der Waals surface area contributed by atoms with Gasteiger partial charge in [-0.1, -0.05) is 28.1 Å². The number of rotatable bonds is 2. The second-order valence-corrected chi connectivity index (χ2v) is 4.14. The number of hydrogen-bond acceptors (Lipinski definition) is 1. The molecule has 0 aromatic heterocycles.